The molecule has 0 aromatic rings. The number of likely N-dealkylation sites (N-methyl/N-ethyl adjacent to an activating group) is 2. The minimum Gasteiger partial charge on any atom is -0.370 e. The summed E-state index contributed by atoms with van der Waals surface area (Å²) >= 11 is 0. The highest BCUT2D eigenvalue weighted by Crippen LogP contribution is 2.37. The second-order valence-electron chi connectivity index (χ2n) is 5.60. The lowest BCUT2D eigenvalue weighted by atomic mass is 9.74. The Balaban J connectivity index is 3.08. The Morgan fingerprint density at radius 2 is 1.60 bits per heavy atom. The quantitative estimate of drug-likeness (QED) is 0.690. The lowest BCUT2D eigenvalue weighted by Crippen LogP contribution is -2.64. The van der Waals surface area contributed by atoms with Crippen molar-refractivity contribution in [3.63, 3.8) is 0 Å². The largest absolute Gasteiger partial charge is 0.370 e. The van der Waals surface area contributed by atoms with E-state index in [1.807, 2.05) is 0 Å². The van der Waals surface area contributed by atoms with Gasteiger partial charge in [0.2, 0.25) is 0 Å². The Morgan fingerprint density at radius 3 is 2.00 bits per heavy atom. The van der Waals surface area contributed by atoms with Crippen molar-refractivity contribution in [2.45, 2.75) is 33.2 Å². The van der Waals surface area contributed by atoms with Crippen molar-refractivity contribution in [3.8, 4) is 0 Å². The molecule has 0 saturated carbocycles. The maximum atomic E-state index is 4.19. The number of nitrogens with zero attached hydrogens (tertiary/aromatic N) is 2. The van der Waals surface area contributed by atoms with Crippen LogP contribution < -0.4 is 0 Å². The molecule has 88 valence electrons. The van der Waals surface area contributed by atoms with E-state index in [1.54, 1.807) is 0 Å². The van der Waals surface area contributed by atoms with Gasteiger partial charge in [-0.2, -0.15) is 0 Å². The maximum absolute atomic E-state index is 4.19. The zero-order chi connectivity index (χ0) is 11.8. The van der Waals surface area contributed by atoms with Crippen molar-refractivity contribution in [2.24, 2.45) is 11.8 Å². The second-order valence-corrected chi connectivity index (χ2v) is 5.60. The zero-order valence-corrected chi connectivity index (χ0v) is 11.2. The van der Waals surface area contributed by atoms with Crippen LogP contribution in [0.1, 0.15) is 27.7 Å². The van der Waals surface area contributed by atoms with E-state index in [9.17, 15) is 0 Å². The van der Waals surface area contributed by atoms with E-state index in [4.69, 9.17) is 0 Å². The summed E-state index contributed by atoms with van der Waals surface area (Å²) in [5, 5.41) is 0. The van der Waals surface area contributed by atoms with Gasteiger partial charge in [-0.3, -0.25) is 4.90 Å². The molecule has 1 saturated heterocycles. The van der Waals surface area contributed by atoms with Crippen LogP contribution in [0.2, 0.25) is 0 Å². The summed E-state index contributed by atoms with van der Waals surface area (Å²) in [5.74, 6) is 1.28. The fourth-order valence-corrected chi connectivity index (χ4v) is 3.11. The summed E-state index contributed by atoms with van der Waals surface area (Å²) in [5.41, 5.74) is 1.48. The van der Waals surface area contributed by atoms with Crippen molar-refractivity contribution in [3.05, 3.63) is 12.3 Å². The molecule has 0 N–H and O–H groups in total. The van der Waals surface area contributed by atoms with E-state index in [1.165, 1.54) is 5.70 Å². The SMILES string of the molecule is C=C1CN(C)CC(C(C)C)(C(C)C)N1C. The molecule has 1 heterocycles. The molecule has 0 spiro atoms. The van der Waals surface area contributed by atoms with Gasteiger partial charge in [0.1, 0.15) is 0 Å². The molecule has 0 atom stereocenters. The Bertz CT molecular complexity index is 235. The Kier molecular flexibility index (Phi) is 3.49. The Morgan fingerprint density at radius 1 is 1.13 bits per heavy atom. The topological polar surface area (TPSA) is 6.48 Å². The fraction of sp³-hybridized carbons (Fsp3) is 0.846. The van der Waals surface area contributed by atoms with Gasteiger partial charge in [-0.05, 0) is 18.9 Å². The minimum atomic E-state index is 0.240. The van der Waals surface area contributed by atoms with Crippen molar-refractivity contribution in [2.75, 3.05) is 27.2 Å². The highest BCUT2D eigenvalue weighted by molar-refractivity contribution is 5.12. The summed E-state index contributed by atoms with van der Waals surface area (Å²) in [7, 11) is 4.40. The van der Waals surface area contributed by atoms with Gasteiger partial charge in [0.05, 0.1) is 5.54 Å². The van der Waals surface area contributed by atoms with E-state index in [2.05, 4.69) is 58.2 Å². The third kappa shape index (κ3) is 1.92. The first-order valence-electron chi connectivity index (χ1n) is 5.92. The minimum absolute atomic E-state index is 0.240. The van der Waals surface area contributed by atoms with Crippen LogP contribution in [-0.4, -0.2) is 42.5 Å². The number of rotatable bonds is 2. The third-order valence-corrected chi connectivity index (χ3v) is 4.07. The van der Waals surface area contributed by atoms with Crippen LogP contribution in [0.15, 0.2) is 12.3 Å². The van der Waals surface area contributed by atoms with E-state index in [0.29, 0.717) is 11.8 Å². The molecule has 15 heavy (non-hydrogen) atoms. The van der Waals surface area contributed by atoms with E-state index in [0.717, 1.165) is 13.1 Å². The van der Waals surface area contributed by atoms with Crippen LogP contribution in [0.5, 0.6) is 0 Å². The summed E-state index contributed by atoms with van der Waals surface area (Å²) in [6.45, 7) is 15.6. The van der Waals surface area contributed by atoms with Crippen molar-refractivity contribution >= 4 is 0 Å². The molecule has 0 unspecified atom stereocenters. The van der Waals surface area contributed by atoms with Gasteiger partial charge in [0.25, 0.3) is 0 Å². The van der Waals surface area contributed by atoms with Gasteiger partial charge in [-0.15, -0.1) is 0 Å². The fourth-order valence-electron chi connectivity index (χ4n) is 3.11. The molecule has 1 rings (SSSR count). The summed E-state index contributed by atoms with van der Waals surface area (Å²) in [6.07, 6.45) is 0. The predicted molar refractivity (Wildman–Crippen MR) is 66.8 cm³/mol. The second kappa shape index (κ2) is 4.17. The number of hydrogen-bond acceptors (Lipinski definition) is 2. The number of piperazine rings is 1. The lowest BCUT2D eigenvalue weighted by Gasteiger charge is -2.55. The van der Waals surface area contributed by atoms with Crippen LogP contribution in [0.4, 0.5) is 0 Å². The molecule has 1 fully saturated rings. The first-order chi connectivity index (χ1) is 6.82. The smallest absolute Gasteiger partial charge is 0.0568 e. The average molecular weight is 210 g/mol. The molecular formula is C13H26N2. The molecule has 0 bridgehead atoms. The Labute approximate surface area is 94.9 Å². The van der Waals surface area contributed by atoms with Crippen molar-refractivity contribution in [1.82, 2.24) is 9.80 Å². The molecule has 2 heteroatoms. The van der Waals surface area contributed by atoms with Crippen LogP contribution in [0, 0.1) is 11.8 Å². The standard InChI is InChI=1S/C13H26N2/c1-10(2)13(11(3)4)9-14(6)8-12(5)15(13)7/h10-11H,5,8-9H2,1-4,6-7H3. The molecule has 1 aliphatic rings. The lowest BCUT2D eigenvalue weighted by molar-refractivity contribution is -0.0102. The molecular weight excluding hydrogens is 184 g/mol. The van der Waals surface area contributed by atoms with E-state index < -0.39 is 0 Å². The van der Waals surface area contributed by atoms with Gasteiger partial charge in [0.15, 0.2) is 0 Å². The van der Waals surface area contributed by atoms with E-state index >= 15 is 0 Å². The van der Waals surface area contributed by atoms with Gasteiger partial charge >= 0.3 is 0 Å². The first-order valence-corrected chi connectivity index (χ1v) is 5.92. The summed E-state index contributed by atoms with van der Waals surface area (Å²) in [4.78, 5) is 4.81. The van der Waals surface area contributed by atoms with Gasteiger partial charge in [-0.1, -0.05) is 34.3 Å². The monoisotopic (exact) mass is 210 g/mol. The van der Waals surface area contributed by atoms with Crippen molar-refractivity contribution in [1.29, 1.82) is 0 Å². The Hall–Kier alpha value is -0.500. The van der Waals surface area contributed by atoms with Crippen LogP contribution >= 0.6 is 0 Å². The maximum Gasteiger partial charge on any atom is 0.0568 e. The van der Waals surface area contributed by atoms with Gasteiger partial charge in [0, 0.05) is 25.8 Å². The molecule has 2 nitrogen and oxygen atoms in total. The van der Waals surface area contributed by atoms with Crippen molar-refractivity contribution < 1.29 is 0 Å². The molecule has 0 radical (unpaired) electrons. The van der Waals surface area contributed by atoms with Crippen LogP contribution in [-0.2, 0) is 0 Å². The first kappa shape index (κ1) is 12.6. The van der Waals surface area contributed by atoms with E-state index in [-0.39, 0.29) is 5.54 Å². The molecule has 0 aromatic carbocycles. The third-order valence-electron chi connectivity index (χ3n) is 4.07. The number of hydrogen-bond donors (Lipinski definition) is 0. The highest BCUT2D eigenvalue weighted by atomic mass is 15.3. The normalized spacial score (nSPS) is 22.9. The van der Waals surface area contributed by atoms with Gasteiger partial charge in [-0.25, -0.2) is 0 Å². The summed E-state index contributed by atoms with van der Waals surface area (Å²) in [6, 6.07) is 0. The zero-order valence-electron chi connectivity index (χ0n) is 11.2. The molecule has 0 aromatic heterocycles. The molecule has 1 aliphatic heterocycles. The molecule has 0 aliphatic carbocycles. The predicted octanol–water partition coefficient (Wildman–Crippen LogP) is 2.43. The highest BCUT2D eigenvalue weighted by Gasteiger charge is 2.44. The van der Waals surface area contributed by atoms with Crippen LogP contribution in [0.25, 0.3) is 0 Å². The van der Waals surface area contributed by atoms with Gasteiger partial charge < -0.3 is 4.90 Å². The summed E-state index contributed by atoms with van der Waals surface area (Å²) < 4.78 is 0. The molecule has 0 amide bonds. The van der Waals surface area contributed by atoms with Crippen LogP contribution in [0.3, 0.4) is 0 Å². The average Bonchev–Trinajstić information content (AvgIpc) is 2.10.